The van der Waals surface area contributed by atoms with Crippen molar-refractivity contribution in [1.29, 1.82) is 0 Å². The van der Waals surface area contributed by atoms with Crippen molar-refractivity contribution in [3.63, 3.8) is 0 Å². The molecule has 0 atom stereocenters. The highest BCUT2D eigenvalue weighted by Gasteiger charge is 2.15. The summed E-state index contributed by atoms with van der Waals surface area (Å²) in [6.07, 6.45) is 8.69. The van der Waals surface area contributed by atoms with Crippen molar-refractivity contribution in [3.8, 4) is 0 Å². The number of nitrogens with one attached hydrogen (secondary N) is 3. The minimum atomic E-state index is -0.154. The van der Waals surface area contributed by atoms with Gasteiger partial charge in [0.25, 0.3) is 0 Å². The zero-order valence-corrected chi connectivity index (χ0v) is 12.1. The second-order valence-electron chi connectivity index (χ2n) is 5.29. The maximum absolute atomic E-state index is 11.9. The third kappa shape index (κ3) is 4.72. The molecule has 0 bridgehead atoms. The first kappa shape index (κ1) is 14.6. The van der Waals surface area contributed by atoms with Crippen molar-refractivity contribution in [2.45, 2.75) is 51.5 Å². The molecule has 0 aliphatic heterocycles. The number of pyridine rings is 1. The van der Waals surface area contributed by atoms with Crippen LogP contribution in [0.25, 0.3) is 0 Å². The molecule has 0 aromatic carbocycles. The van der Waals surface area contributed by atoms with E-state index in [0.29, 0.717) is 11.9 Å². The summed E-state index contributed by atoms with van der Waals surface area (Å²) in [6.45, 7) is 3.04. The van der Waals surface area contributed by atoms with Gasteiger partial charge in [-0.2, -0.15) is 0 Å². The number of rotatable bonds is 5. The number of aromatic nitrogens is 1. The van der Waals surface area contributed by atoms with E-state index in [9.17, 15) is 4.79 Å². The molecule has 0 saturated heterocycles. The lowest BCUT2D eigenvalue weighted by molar-refractivity contribution is 0.244. The average molecular weight is 276 g/mol. The van der Waals surface area contributed by atoms with Gasteiger partial charge in [-0.25, -0.2) is 9.78 Å². The Morgan fingerprint density at radius 3 is 2.75 bits per heavy atom. The molecule has 1 aliphatic rings. The molecule has 2 amide bonds. The van der Waals surface area contributed by atoms with E-state index in [4.69, 9.17) is 0 Å². The normalized spacial score (nSPS) is 15.7. The molecule has 5 nitrogen and oxygen atoms in total. The van der Waals surface area contributed by atoms with Crippen molar-refractivity contribution in [1.82, 2.24) is 10.3 Å². The Morgan fingerprint density at radius 2 is 2.10 bits per heavy atom. The Labute approximate surface area is 120 Å². The number of hydrogen-bond donors (Lipinski definition) is 3. The van der Waals surface area contributed by atoms with Crippen molar-refractivity contribution in [2.24, 2.45) is 0 Å². The summed E-state index contributed by atoms with van der Waals surface area (Å²) < 4.78 is 0. The van der Waals surface area contributed by atoms with Gasteiger partial charge in [-0.1, -0.05) is 26.2 Å². The van der Waals surface area contributed by atoms with Gasteiger partial charge >= 0.3 is 6.03 Å². The highest BCUT2D eigenvalue weighted by atomic mass is 16.2. The van der Waals surface area contributed by atoms with Gasteiger partial charge in [-0.3, -0.25) is 5.32 Å². The number of nitrogens with zero attached hydrogens (tertiary/aromatic N) is 1. The van der Waals surface area contributed by atoms with E-state index in [2.05, 4.69) is 27.9 Å². The molecule has 0 radical (unpaired) electrons. The van der Waals surface area contributed by atoms with E-state index in [1.807, 2.05) is 12.1 Å². The fourth-order valence-corrected chi connectivity index (χ4v) is 2.43. The molecule has 1 heterocycles. The topological polar surface area (TPSA) is 66.0 Å². The predicted octanol–water partition coefficient (Wildman–Crippen LogP) is 3.36. The van der Waals surface area contributed by atoms with Crippen molar-refractivity contribution in [3.05, 3.63) is 18.3 Å². The molecule has 1 fully saturated rings. The molecule has 0 unspecified atom stereocenters. The lowest BCUT2D eigenvalue weighted by atomic mass is 9.96. The molecule has 1 aromatic rings. The van der Waals surface area contributed by atoms with E-state index in [0.717, 1.165) is 31.5 Å². The zero-order valence-electron chi connectivity index (χ0n) is 12.1. The highest BCUT2D eigenvalue weighted by molar-refractivity contribution is 5.88. The van der Waals surface area contributed by atoms with Crippen LogP contribution in [0.2, 0.25) is 0 Å². The number of carbonyl (C=O) groups excluding carboxylic acids is 1. The molecular weight excluding hydrogens is 252 g/mol. The number of hydrogen-bond acceptors (Lipinski definition) is 3. The molecule has 2 rings (SSSR count). The maximum atomic E-state index is 11.9. The molecule has 5 heteroatoms. The third-order valence-corrected chi connectivity index (χ3v) is 3.52. The zero-order chi connectivity index (χ0) is 14.2. The van der Waals surface area contributed by atoms with Crippen LogP contribution in [0.15, 0.2) is 18.3 Å². The monoisotopic (exact) mass is 276 g/mol. The number of amides is 2. The van der Waals surface area contributed by atoms with Crippen molar-refractivity contribution in [2.75, 3.05) is 17.2 Å². The molecule has 110 valence electrons. The van der Waals surface area contributed by atoms with Crippen molar-refractivity contribution >= 4 is 17.5 Å². The van der Waals surface area contributed by atoms with E-state index in [-0.39, 0.29) is 6.03 Å². The molecule has 20 heavy (non-hydrogen) atoms. The van der Waals surface area contributed by atoms with Gasteiger partial charge in [0.2, 0.25) is 0 Å². The molecule has 1 aliphatic carbocycles. The van der Waals surface area contributed by atoms with Crippen LogP contribution in [0, 0.1) is 0 Å². The summed E-state index contributed by atoms with van der Waals surface area (Å²) in [5, 5.41) is 9.04. The first-order valence-corrected chi connectivity index (χ1v) is 7.55. The van der Waals surface area contributed by atoms with Gasteiger partial charge in [0.15, 0.2) is 0 Å². The Balaban J connectivity index is 1.78. The summed E-state index contributed by atoms with van der Waals surface area (Å²) in [4.78, 5) is 16.1. The number of carbonyl (C=O) groups is 1. The van der Waals surface area contributed by atoms with Crippen LogP contribution in [0.5, 0.6) is 0 Å². The molecule has 1 aromatic heterocycles. The Hall–Kier alpha value is -1.78. The van der Waals surface area contributed by atoms with E-state index < -0.39 is 0 Å². The van der Waals surface area contributed by atoms with E-state index in [1.54, 1.807) is 6.20 Å². The Kier molecular flexibility index (Phi) is 5.65. The molecular formula is C15H24N4O. The molecule has 3 N–H and O–H groups in total. The van der Waals surface area contributed by atoms with Crippen LogP contribution in [-0.2, 0) is 0 Å². The quantitative estimate of drug-likeness (QED) is 0.772. The Morgan fingerprint density at radius 1 is 1.30 bits per heavy atom. The number of anilines is 2. The predicted molar refractivity (Wildman–Crippen MR) is 82.0 cm³/mol. The highest BCUT2D eigenvalue weighted by Crippen LogP contribution is 2.17. The SMILES string of the molecule is CCCNc1ccc(NC(=O)NC2CCCCC2)nc1. The van der Waals surface area contributed by atoms with Gasteiger partial charge in [-0.05, 0) is 31.4 Å². The Bertz CT molecular complexity index is 412. The standard InChI is InChI=1S/C15H24N4O/c1-2-10-16-13-8-9-14(17-11-13)19-15(20)18-12-6-4-3-5-7-12/h8-9,11-12,16H,2-7,10H2,1H3,(H2,17,18,19,20). The smallest absolute Gasteiger partial charge is 0.320 e. The average Bonchev–Trinajstić information content (AvgIpc) is 2.47. The second-order valence-corrected chi connectivity index (χ2v) is 5.29. The van der Waals surface area contributed by atoms with Crippen LogP contribution >= 0.6 is 0 Å². The first-order chi connectivity index (χ1) is 9.78. The van der Waals surface area contributed by atoms with E-state index in [1.165, 1.54) is 19.3 Å². The van der Waals surface area contributed by atoms with Gasteiger partial charge in [-0.15, -0.1) is 0 Å². The van der Waals surface area contributed by atoms with Crippen molar-refractivity contribution < 1.29 is 4.79 Å². The van der Waals surface area contributed by atoms with Crippen LogP contribution in [0.3, 0.4) is 0 Å². The fourth-order valence-electron chi connectivity index (χ4n) is 2.43. The number of urea groups is 1. The lowest BCUT2D eigenvalue weighted by Gasteiger charge is -2.22. The second kappa shape index (κ2) is 7.72. The summed E-state index contributed by atoms with van der Waals surface area (Å²) in [5.41, 5.74) is 0.977. The lowest BCUT2D eigenvalue weighted by Crippen LogP contribution is -2.39. The van der Waals surface area contributed by atoms with E-state index >= 15 is 0 Å². The van der Waals surface area contributed by atoms with Crippen LogP contribution in [-0.4, -0.2) is 23.6 Å². The maximum Gasteiger partial charge on any atom is 0.320 e. The van der Waals surface area contributed by atoms with Gasteiger partial charge in [0.1, 0.15) is 5.82 Å². The third-order valence-electron chi connectivity index (χ3n) is 3.52. The van der Waals surface area contributed by atoms with Crippen LogP contribution in [0.4, 0.5) is 16.3 Å². The summed E-state index contributed by atoms with van der Waals surface area (Å²) >= 11 is 0. The minimum absolute atomic E-state index is 0.154. The molecule has 1 saturated carbocycles. The van der Waals surface area contributed by atoms with Gasteiger partial charge in [0.05, 0.1) is 11.9 Å². The summed E-state index contributed by atoms with van der Waals surface area (Å²) in [5.74, 6) is 0.584. The minimum Gasteiger partial charge on any atom is -0.384 e. The molecule has 0 spiro atoms. The largest absolute Gasteiger partial charge is 0.384 e. The van der Waals surface area contributed by atoms with Gasteiger partial charge < -0.3 is 10.6 Å². The van der Waals surface area contributed by atoms with Gasteiger partial charge in [0, 0.05) is 12.6 Å². The summed E-state index contributed by atoms with van der Waals surface area (Å²) in [6, 6.07) is 3.91. The van der Waals surface area contributed by atoms with Crippen LogP contribution in [0.1, 0.15) is 45.4 Å². The van der Waals surface area contributed by atoms with Crippen LogP contribution < -0.4 is 16.0 Å². The fraction of sp³-hybridized carbons (Fsp3) is 0.600. The first-order valence-electron chi connectivity index (χ1n) is 7.55. The summed E-state index contributed by atoms with van der Waals surface area (Å²) in [7, 11) is 0.